The number of halogens is 1. The SMILES string of the molecule is CC(C)Cn1cnc(C2CCNCC2)c(Br)c1=O. The maximum Gasteiger partial charge on any atom is 0.267 e. The molecule has 0 aromatic carbocycles. The van der Waals surface area contributed by atoms with Gasteiger partial charge < -0.3 is 5.32 Å². The zero-order chi connectivity index (χ0) is 13.1. The van der Waals surface area contributed by atoms with Crippen molar-refractivity contribution in [2.75, 3.05) is 13.1 Å². The zero-order valence-corrected chi connectivity index (χ0v) is 12.5. The van der Waals surface area contributed by atoms with Gasteiger partial charge in [-0.15, -0.1) is 0 Å². The van der Waals surface area contributed by atoms with E-state index in [1.807, 2.05) is 0 Å². The summed E-state index contributed by atoms with van der Waals surface area (Å²) in [7, 11) is 0. The molecule has 0 spiro atoms. The summed E-state index contributed by atoms with van der Waals surface area (Å²) in [6.07, 6.45) is 3.81. The van der Waals surface area contributed by atoms with Crippen LogP contribution in [0.2, 0.25) is 0 Å². The van der Waals surface area contributed by atoms with Crippen molar-refractivity contribution in [3.8, 4) is 0 Å². The van der Waals surface area contributed by atoms with E-state index in [0.29, 0.717) is 16.3 Å². The highest BCUT2D eigenvalue weighted by molar-refractivity contribution is 9.10. The Kier molecular flexibility index (Phi) is 4.56. The Morgan fingerprint density at radius 3 is 2.78 bits per heavy atom. The van der Waals surface area contributed by atoms with Crippen LogP contribution < -0.4 is 10.9 Å². The van der Waals surface area contributed by atoms with E-state index in [1.54, 1.807) is 10.9 Å². The summed E-state index contributed by atoms with van der Waals surface area (Å²) in [5, 5.41) is 3.33. The van der Waals surface area contributed by atoms with Crippen LogP contribution in [0.25, 0.3) is 0 Å². The summed E-state index contributed by atoms with van der Waals surface area (Å²) in [6, 6.07) is 0. The Balaban J connectivity index is 2.28. The molecule has 0 aliphatic carbocycles. The predicted octanol–water partition coefficient (Wildman–Crippen LogP) is 2.13. The van der Waals surface area contributed by atoms with Crippen molar-refractivity contribution >= 4 is 15.9 Å². The minimum Gasteiger partial charge on any atom is -0.317 e. The lowest BCUT2D eigenvalue weighted by Crippen LogP contribution is -2.30. The molecule has 18 heavy (non-hydrogen) atoms. The number of hydrogen-bond acceptors (Lipinski definition) is 3. The molecule has 4 nitrogen and oxygen atoms in total. The van der Waals surface area contributed by atoms with Crippen LogP contribution in [-0.2, 0) is 6.54 Å². The second-order valence-electron chi connectivity index (χ2n) is 5.32. The van der Waals surface area contributed by atoms with E-state index in [2.05, 4.69) is 40.1 Å². The lowest BCUT2D eigenvalue weighted by Gasteiger charge is -2.23. The smallest absolute Gasteiger partial charge is 0.267 e. The van der Waals surface area contributed by atoms with E-state index in [-0.39, 0.29) is 5.56 Å². The molecule has 0 atom stereocenters. The fourth-order valence-electron chi connectivity index (χ4n) is 2.38. The number of nitrogens with one attached hydrogen (secondary N) is 1. The van der Waals surface area contributed by atoms with Crippen molar-refractivity contribution in [3.63, 3.8) is 0 Å². The quantitative estimate of drug-likeness (QED) is 0.930. The van der Waals surface area contributed by atoms with Crippen LogP contribution in [0.4, 0.5) is 0 Å². The van der Waals surface area contributed by atoms with Crippen molar-refractivity contribution in [1.82, 2.24) is 14.9 Å². The Bertz CT molecular complexity index is 464. The number of aromatic nitrogens is 2. The van der Waals surface area contributed by atoms with Gasteiger partial charge in [0, 0.05) is 12.5 Å². The van der Waals surface area contributed by atoms with Crippen molar-refractivity contribution in [2.24, 2.45) is 5.92 Å². The molecule has 1 saturated heterocycles. The van der Waals surface area contributed by atoms with Gasteiger partial charge >= 0.3 is 0 Å². The Morgan fingerprint density at radius 2 is 2.17 bits per heavy atom. The summed E-state index contributed by atoms with van der Waals surface area (Å²) >= 11 is 3.44. The average molecular weight is 314 g/mol. The summed E-state index contributed by atoms with van der Waals surface area (Å²) in [5.74, 6) is 0.850. The van der Waals surface area contributed by atoms with Gasteiger partial charge in [0.2, 0.25) is 0 Å². The first-order valence-electron chi connectivity index (χ1n) is 6.55. The van der Waals surface area contributed by atoms with Gasteiger partial charge in [0.05, 0.1) is 12.0 Å². The summed E-state index contributed by atoms with van der Waals surface area (Å²) in [4.78, 5) is 16.7. The second-order valence-corrected chi connectivity index (χ2v) is 6.11. The number of piperidine rings is 1. The minimum absolute atomic E-state index is 0.0484. The van der Waals surface area contributed by atoms with Gasteiger partial charge in [-0.3, -0.25) is 9.36 Å². The van der Waals surface area contributed by atoms with Gasteiger partial charge in [-0.05, 0) is 47.8 Å². The Labute approximate surface area is 116 Å². The van der Waals surface area contributed by atoms with Crippen molar-refractivity contribution < 1.29 is 0 Å². The molecule has 0 radical (unpaired) electrons. The largest absolute Gasteiger partial charge is 0.317 e. The van der Waals surface area contributed by atoms with Crippen LogP contribution in [0.3, 0.4) is 0 Å². The third kappa shape index (κ3) is 3.01. The first-order valence-corrected chi connectivity index (χ1v) is 7.34. The monoisotopic (exact) mass is 313 g/mol. The molecule has 1 aliphatic heterocycles. The van der Waals surface area contributed by atoms with Crippen LogP contribution in [0.5, 0.6) is 0 Å². The van der Waals surface area contributed by atoms with E-state index in [4.69, 9.17) is 0 Å². The van der Waals surface area contributed by atoms with Crippen molar-refractivity contribution in [3.05, 3.63) is 26.8 Å². The predicted molar refractivity (Wildman–Crippen MR) is 75.9 cm³/mol. The molecule has 1 aromatic heterocycles. The van der Waals surface area contributed by atoms with E-state index in [9.17, 15) is 4.79 Å². The van der Waals surface area contributed by atoms with Crippen LogP contribution >= 0.6 is 15.9 Å². The highest BCUT2D eigenvalue weighted by Gasteiger charge is 2.21. The Morgan fingerprint density at radius 1 is 1.50 bits per heavy atom. The third-order valence-electron chi connectivity index (χ3n) is 3.30. The van der Waals surface area contributed by atoms with Gasteiger partial charge in [-0.2, -0.15) is 0 Å². The number of nitrogens with zero attached hydrogens (tertiary/aromatic N) is 2. The van der Waals surface area contributed by atoms with Crippen LogP contribution in [0.1, 0.15) is 38.3 Å². The molecule has 0 bridgehead atoms. The lowest BCUT2D eigenvalue weighted by atomic mass is 9.94. The molecule has 2 heterocycles. The van der Waals surface area contributed by atoms with Crippen molar-refractivity contribution in [2.45, 2.75) is 39.2 Å². The molecule has 0 saturated carbocycles. The molecular formula is C13H20BrN3O. The first kappa shape index (κ1) is 13.7. The fourth-order valence-corrected chi connectivity index (χ4v) is 3.03. The highest BCUT2D eigenvalue weighted by Crippen LogP contribution is 2.27. The molecule has 0 unspecified atom stereocenters. The van der Waals surface area contributed by atoms with Gasteiger partial charge in [0.15, 0.2) is 0 Å². The molecule has 1 N–H and O–H groups in total. The first-order chi connectivity index (χ1) is 8.59. The molecule has 2 rings (SSSR count). The highest BCUT2D eigenvalue weighted by atomic mass is 79.9. The van der Waals surface area contributed by atoms with Crippen molar-refractivity contribution in [1.29, 1.82) is 0 Å². The molecule has 100 valence electrons. The Hall–Kier alpha value is -0.680. The topological polar surface area (TPSA) is 46.9 Å². The number of rotatable bonds is 3. The second kappa shape index (κ2) is 5.97. The minimum atomic E-state index is 0.0484. The third-order valence-corrected chi connectivity index (χ3v) is 4.04. The molecule has 5 heteroatoms. The molecule has 1 fully saturated rings. The van der Waals surface area contributed by atoms with Gasteiger partial charge in [-0.25, -0.2) is 4.98 Å². The maximum absolute atomic E-state index is 12.2. The van der Waals surface area contributed by atoms with E-state index in [0.717, 1.165) is 38.2 Å². The molecule has 0 amide bonds. The maximum atomic E-state index is 12.2. The van der Waals surface area contributed by atoms with E-state index < -0.39 is 0 Å². The summed E-state index contributed by atoms with van der Waals surface area (Å²) < 4.78 is 2.34. The van der Waals surface area contributed by atoms with Gasteiger partial charge in [0.25, 0.3) is 5.56 Å². The normalized spacial score (nSPS) is 17.3. The molecule has 1 aliphatic rings. The van der Waals surface area contributed by atoms with Gasteiger partial charge in [-0.1, -0.05) is 13.8 Å². The lowest BCUT2D eigenvalue weighted by molar-refractivity contribution is 0.445. The van der Waals surface area contributed by atoms with E-state index in [1.165, 1.54) is 0 Å². The molecule has 1 aromatic rings. The average Bonchev–Trinajstić information content (AvgIpc) is 2.36. The van der Waals surface area contributed by atoms with Gasteiger partial charge in [0.1, 0.15) is 4.47 Å². The fraction of sp³-hybridized carbons (Fsp3) is 0.692. The number of hydrogen-bond donors (Lipinski definition) is 1. The van der Waals surface area contributed by atoms with Crippen LogP contribution in [-0.4, -0.2) is 22.6 Å². The zero-order valence-electron chi connectivity index (χ0n) is 10.9. The standard InChI is InChI=1S/C13H20BrN3O/c1-9(2)7-17-8-16-12(11(14)13(17)18)10-3-5-15-6-4-10/h8-10,15H,3-7H2,1-2H3. The van der Waals surface area contributed by atoms with Crippen LogP contribution in [0.15, 0.2) is 15.6 Å². The summed E-state index contributed by atoms with van der Waals surface area (Å²) in [6.45, 7) is 6.93. The summed E-state index contributed by atoms with van der Waals surface area (Å²) in [5.41, 5.74) is 0.980. The van der Waals surface area contributed by atoms with E-state index >= 15 is 0 Å². The van der Waals surface area contributed by atoms with Crippen LogP contribution in [0, 0.1) is 5.92 Å². The molecular weight excluding hydrogens is 294 g/mol.